The molecule has 24 heavy (non-hydrogen) atoms. The molecule has 0 spiro atoms. The molecule has 0 unspecified atom stereocenters. The number of fused-ring (bicyclic) bond motifs is 1. The van der Waals surface area contributed by atoms with Crippen LogP contribution in [0.4, 0.5) is 0 Å². The maximum atomic E-state index is 9.59. The molecule has 4 heteroatoms. The lowest BCUT2D eigenvalue weighted by molar-refractivity contribution is -0.131. The molecule has 0 saturated heterocycles. The molecule has 4 nitrogen and oxygen atoms in total. The van der Waals surface area contributed by atoms with Crippen LogP contribution in [-0.2, 0) is 9.53 Å². The van der Waals surface area contributed by atoms with Gasteiger partial charge in [0, 0.05) is 5.56 Å². The van der Waals surface area contributed by atoms with Crippen molar-refractivity contribution in [3.05, 3.63) is 60.4 Å². The molecule has 2 aromatic rings. The van der Waals surface area contributed by atoms with Gasteiger partial charge in [-0.2, -0.15) is 0 Å². The third-order valence-corrected chi connectivity index (χ3v) is 3.24. The molecule has 0 aliphatic rings. The summed E-state index contributed by atoms with van der Waals surface area (Å²) in [6.45, 7) is 4.14. The second-order valence-electron chi connectivity index (χ2n) is 5.56. The van der Waals surface area contributed by atoms with Gasteiger partial charge in [-0.25, -0.2) is 4.79 Å². The van der Waals surface area contributed by atoms with Crippen molar-refractivity contribution in [2.75, 3.05) is 14.2 Å². The van der Waals surface area contributed by atoms with E-state index in [0.29, 0.717) is 0 Å². The number of benzene rings is 2. The molecular formula is C20H23NO3. The molecule has 0 atom stereocenters. The topological polar surface area (TPSA) is 58.6 Å². The van der Waals surface area contributed by atoms with Gasteiger partial charge in [-0.15, -0.1) is 0 Å². The summed E-state index contributed by atoms with van der Waals surface area (Å²) in [5, 5.41) is 13.5. The molecule has 2 aromatic carbocycles. The van der Waals surface area contributed by atoms with Gasteiger partial charge in [0.2, 0.25) is 0 Å². The van der Waals surface area contributed by atoms with E-state index in [1.54, 1.807) is 0 Å². The Bertz CT molecular complexity index is 767. The van der Waals surface area contributed by atoms with E-state index in [1.807, 2.05) is 7.05 Å². The molecule has 0 aliphatic heterocycles. The summed E-state index contributed by atoms with van der Waals surface area (Å²) < 4.78 is 4.29. The summed E-state index contributed by atoms with van der Waals surface area (Å²) in [5.41, 5.74) is 0.915. The van der Waals surface area contributed by atoms with Gasteiger partial charge < -0.3 is 15.2 Å². The third-order valence-electron chi connectivity index (χ3n) is 3.24. The summed E-state index contributed by atoms with van der Waals surface area (Å²) in [5.74, 6) is 5.45. The molecule has 2 rings (SSSR count). The van der Waals surface area contributed by atoms with E-state index < -0.39 is 5.97 Å². The van der Waals surface area contributed by atoms with Crippen LogP contribution in [0.1, 0.15) is 19.4 Å². The van der Waals surface area contributed by atoms with Gasteiger partial charge in [-0.05, 0) is 43.8 Å². The predicted octanol–water partition coefficient (Wildman–Crippen LogP) is 3.42. The van der Waals surface area contributed by atoms with Crippen LogP contribution in [0, 0.1) is 11.8 Å². The average molecular weight is 325 g/mol. The first-order valence-corrected chi connectivity index (χ1v) is 7.51. The molecule has 0 amide bonds. The van der Waals surface area contributed by atoms with Gasteiger partial charge in [0.25, 0.3) is 0 Å². The van der Waals surface area contributed by atoms with E-state index in [9.17, 15) is 4.79 Å². The van der Waals surface area contributed by atoms with Gasteiger partial charge in [0.15, 0.2) is 0 Å². The average Bonchev–Trinajstić information content (AvgIpc) is 2.58. The summed E-state index contributed by atoms with van der Waals surface area (Å²) in [4.78, 5) is 9.59. The van der Waals surface area contributed by atoms with Crippen molar-refractivity contribution < 1.29 is 14.6 Å². The minimum Gasteiger partial charge on any atom is -0.504 e. The van der Waals surface area contributed by atoms with Crippen molar-refractivity contribution in [1.82, 2.24) is 5.32 Å². The van der Waals surface area contributed by atoms with Crippen molar-refractivity contribution >= 4 is 16.7 Å². The fraction of sp³-hybridized carbons (Fsp3) is 0.250. The second kappa shape index (κ2) is 9.39. The monoisotopic (exact) mass is 325 g/mol. The van der Waals surface area contributed by atoms with E-state index in [4.69, 9.17) is 5.11 Å². The van der Waals surface area contributed by atoms with Crippen LogP contribution in [0.2, 0.25) is 0 Å². The molecule has 0 aliphatic carbocycles. The molecule has 0 fully saturated rings. The van der Waals surface area contributed by atoms with Crippen molar-refractivity contribution in [3.8, 4) is 11.8 Å². The highest BCUT2D eigenvalue weighted by atomic mass is 16.5. The van der Waals surface area contributed by atoms with E-state index in [0.717, 1.165) is 17.9 Å². The van der Waals surface area contributed by atoms with E-state index in [2.05, 4.69) is 78.2 Å². The highest BCUT2D eigenvalue weighted by molar-refractivity contribution is 5.83. The van der Waals surface area contributed by atoms with Gasteiger partial charge >= 0.3 is 5.97 Å². The molecule has 0 heterocycles. The number of rotatable bonds is 3. The fourth-order valence-electron chi connectivity index (χ4n) is 1.68. The number of carboxylic acids is 1. The fourth-order valence-corrected chi connectivity index (χ4v) is 1.68. The molecule has 0 aromatic heterocycles. The van der Waals surface area contributed by atoms with Gasteiger partial charge in [-0.1, -0.05) is 42.2 Å². The highest BCUT2D eigenvalue weighted by Crippen LogP contribution is 2.15. The van der Waals surface area contributed by atoms with Crippen molar-refractivity contribution in [2.45, 2.75) is 19.4 Å². The summed E-state index contributed by atoms with van der Waals surface area (Å²) in [6.07, 6.45) is 2.02. The van der Waals surface area contributed by atoms with Crippen LogP contribution < -0.4 is 5.32 Å². The third kappa shape index (κ3) is 6.99. The van der Waals surface area contributed by atoms with E-state index in [1.165, 1.54) is 17.9 Å². The normalized spacial score (nSPS) is 10.5. The number of carboxylic acid groups (broad SMARTS) is 1. The van der Waals surface area contributed by atoms with Crippen LogP contribution in [-0.4, -0.2) is 30.8 Å². The van der Waals surface area contributed by atoms with Crippen LogP contribution >= 0.6 is 0 Å². The smallest absolute Gasteiger partial charge is 0.331 e. The number of hydrogen-bond acceptors (Lipinski definition) is 3. The van der Waals surface area contributed by atoms with Crippen LogP contribution in [0.25, 0.3) is 10.8 Å². The van der Waals surface area contributed by atoms with E-state index >= 15 is 0 Å². The van der Waals surface area contributed by atoms with Crippen molar-refractivity contribution in [2.24, 2.45) is 0 Å². The van der Waals surface area contributed by atoms with Gasteiger partial charge in [0.1, 0.15) is 0 Å². The molecular weight excluding hydrogens is 302 g/mol. The van der Waals surface area contributed by atoms with Crippen LogP contribution in [0.5, 0.6) is 0 Å². The second-order valence-corrected chi connectivity index (χ2v) is 5.56. The Balaban J connectivity index is 0.000000351. The number of aliphatic carboxylic acids is 1. The Morgan fingerprint density at radius 3 is 2.42 bits per heavy atom. The molecule has 0 saturated carbocycles. The maximum Gasteiger partial charge on any atom is 0.331 e. The standard InChI is InChI=1S/C16H17N.C4H6O3/c1-16(2,17-3)11-10-13-8-9-14-6-4-5-7-15(14)12-13;1-7-3-2-4(5)6/h4-9,12,17H,1-3H3;2-3H,1H3,(H,5,6). The summed E-state index contributed by atoms with van der Waals surface area (Å²) in [7, 11) is 3.31. The minimum absolute atomic E-state index is 0.147. The molecule has 126 valence electrons. The molecule has 0 radical (unpaired) electrons. The Kier molecular flexibility index (Phi) is 7.54. The molecule has 2 N–H and O–H groups in total. The Morgan fingerprint density at radius 1 is 1.21 bits per heavy atom. The lowest BCUT2D eigenvalue weighted by Gasteiger charge is -2.15. The lowest BCUT2D eigenvalue weighted by Crippen LogP contribution is -2.34. The Morgan fingerprint density at radius 2 is 1.88 bits per heavy atom. The van der Waals surface area contributed by atoms with Crippen molar-refractivity contribution in [1.29, 1.82) is 0 Å². The number of ether oxygens (including phenoxy) is 1. The Hall–Kier alpha value is -2.77. The highest BCUT2D eigenvalue weighted by Gasteiger charge is 2.08. The molecule has 0 bridgehead atoms. The maximum absolute atomic E-state index is 9.59. The first-order chi connectivity index (χ1) is 11.4. The Labute approximate surface area is 143 Å². The minimum atomic E-state index is -0.998. The van der Waals surface area contributed by atoms with Gasteiger partial charge in [0.05, 0.1) is 25.0 Å². The quantitative estimate of drug-likeness (QED) is 0.516. The number of methoxy groups -OCH3 is 1. The first kappa shape index (κ1) is 19.3. The number of carbonyl (C=O) groups is 1. The van der Waals surface area contributed by atoms with Crippen molar-refractivity contribution in [3.63, 3.8) is 0 Å². The zero-order valence-corrected chi connectivity index (χ0v) is 14.5. The van der Waals surface area contributed by atoms with E-state index in [-0.39, 0.29) is 5.54 Å². The van der Waals surface area contributed by atoms with Gasteiger partial charge in [-0.3, -0.25) is 0 Å². The van der Waals surface area contributed by atoms with Crippen LogP contribution in [0.3, 0.4) is 0 Å². The predicted molar refractivity (Wildman–Crippen MR) is 97.7 cm³/mol. The zero-order valence-electron chi connectivity index (χ0n) is 14.5. The number of nitrogens with one attached hydrogen (secondary N) is 1. The zero-order chi connectivity index (χ0) is 18.0. The lowest BCUT2D eigenvalue weighted by atomic mass is 10.0. The SMILES string of the molecule is CNC(C)(C)C#Cc1ccc2ccccc2c1.COC=CC(=O)O. The summed E-state index contributed by atoms with van der Waals surface area (Å²) in [6, 6.07) is 14.7. The largest absolute Gasteiger partial charge is 0.504 e. The summed E-state index contributed by atoms with van der Waals surface area (Å²) >= 11 is 0. The van der Waals surface area contributed by atoms with Crippen LogP contribution in [0.15, 0.2) is 54.8 Å². The first-order valence-electron chi connectivity index (χ1n) is 7.51. The number of hydrogen-bond donors (Lipinski definition) is 2.